The van der Waals surface area contributed by atoms with Gasteiger partial charge in [-0.1, -0.05) is 17.7 Å². The first kappa shape index (κ1) is 20.1. The zero-order chi connectivity index (χ0) is 20.4. The maximum atomic E-state index is 13.6. The molecule has 2 heterocycles. The highest BCUT2D eigenvalue weighted by Gasteiger charge is 2.15. The van der Waals surface area contributed by atoms with Gasteiger partial charge in [0.1, 0.15) is 5.82 Å². The van der Waals surface area contributed by atoms with Crippen molar-refractivity contribution in [3.05, 3.63) is 57.9 Å². The number of fused-ring (bicyclic) bond motifs is 1. The van der Waals surface area contributed by atoms with Crippen LogP contribution in [0.4, 0.5) is 10.3 Å². The van der Waals surface area contributed by atoms with Gasteiger partial charge in [0, 0.05) is 26.2 Å². The van der Waals surface area contributed by atoms with Crippen LogP contribution < -0.4 is 5.32 Å². The van der Waals surface area contributed by atoms with Crippen LogP contribution >= 0.6 is 11.6 Å². The van der Waals surface area contributed by atoms with Crippen molar-refractivity contribution in [2.75, 3.05) is 44.7 Å². The van der Waals surface area contributed by atoms with Crippen LogP contribution in [0.5, 0.6) is 0 Å². The number of nitrogens with one attached hydrogen (secondary N) is 1. The summed E-state index contributed by atoms with van der Waals surface area (Å²) in [5.74, 6) is 0.417. The molecule has 7 heteroatoms. The van der Waals surface area contributed by atoms with E-state index in [1.165, 1.54) is 17.2 Å². The number of morpholine rings is 1. The van der Waals surface area contributed by atoms with Gasteiger partial charge in [0.15, 0.2) is 0 Å². The Kier molecular flexibility index (Phi) is 6.04. The first-order valence-corrected chi connectivity index (χ1v) is 10.3. The van der Waals surface area contributed by atoms with Gasteiger partial charge in [-0.05, 0) is 54.8 Å². The third kappa shape index (κ3) is 4.55. The summed E-state index contributed by atoms with van der Waals surface area (Å²) in [5.41, 5.74) is 5.38. The van der Waals surface area contributed by atoms with Crippen molar-refractivity contribution in [2.45, 2.75) is 20.4 Å². The van der Waals surface area contributed by atoms with Crippen LogP contribution in [0.15, 0.2) is 30.3 Å². The molecule has 1 aliphatic heterocycles. The Labute approximate surface area is 175 Å². The van der Waals surface area contributed by atoms with E-state index in [-0.39, 0.29) is 5.02 Å². The second kappa shape index (κ2) is 8.69. The minimum Gasteiger partial charge on any atom is -0.379 e. The van der Waals surface area contributed by atoms with Crippen LogP contribution in [-0.4, -0.2) is 53.8 Å². The maximum absolute atomic E-state index is 13.6. The summed E-state index contributed by atoms with van der Waals surface area (Å²) in [5, 5.41) is 3.64. The predicted molar refractivity (Wildman–Crippen MR) is 115 cm³/mol. The van der Waals surface area contributed by atoms with Crippen molar-refractivity contribution in [3.63, 3.8) is 0 Å². The molecular formula is C22H26ClFN4O. The Morgan fingerprint density at radius 2 is 1.90 bits per heavy atom. The quantitative estimate of drug-likeness (QED) is 0.652. The molecule has 1 N–H and O–H groups in total. The molecule has 0 aliphatic carbocycles. The van der Waals surface area contributed by atoms with Gasteiger partial charge in [-0.15, -0.1) is 0 Å². The molecule has 154 valence electrons. The number of benzene rings is 2. The fourth-order valence-corrected chi connectivity index (χ4v) is 3.85. The molecule has 3 aromatic rings. The van der Waals surface area contributed by atoms with Crippen molar-refractivity contribution in [2.24, 2.45) is 0 Å². The molecule has 1 aromatic heterocycles. The predicted octanol–water partition coefficient (Wildman–Crippen LogP) is 4.24. The summed E-state index contributed by atoms with van der Waals surface area (Å²) >= 11 is 6.00. The van der Waals surface area contributed by atoms with E-state index in [4.69, 9.17) is 21.3 Å². The highest BCUT2D eigenvalue weighted by Crippen LogP contribution is 2.25. The molecule has 0 bridgehead atoms. The molecule has 0 amide bonds. The summed E-state index contributed by atoms with van der Waals surface area (Å²) in [4.78, 5) is 7.22. The number of anilines is 1. The lowest BCUT2D eigenvalue weighted by atomic mass is 10.1. The number of hydrogen-bond donors (Lipinski definition) is 1. The Bertz CT molecular complexity index is 1010. The number of hydrogen-bond acceptors (Lipinski definition) is 4. The largest absolute Gasteiger partial charge is 0.379 e. The third-order valence-corrected chi connectivity index (χ3v) is 5.79. The highest BCUT2D eigenvalue weighted by atomic mass is 35.5. The zero-order valence-corrected chi connectivity index (χ0v) is 17.6. The average molecular weight is 417 g/mol. The van der Waals surface area contributed by atoms with E-state index < -0.39 is 5.82 Å². The van der Waals surface area contributed by atoms with E-state index in [0.717, 1.165) is 61.9 Å². The van der Waals surface area contributed by atoms with Crippen LogP contribution in [0.1, 0.15) is 16.7 Å². The topological polar surface area (TPSA) is 42.3 Å². The standard InChI is InChI=1S/C22H26ClFN4O/c1-15-11-20-21(12-16(15)2)28(14-17-3-4-19(24)18(23)13-17)22(26-20)25-5-6-27-7-9-29-10-8-27/h3-4,11-13H,5-10,14H2,1-2H3,(H,25,26). The lowest BCUT2D eigenvalue weighted by Crippen LogP contribution is -2.39. The molecule has 0 spiro atoms. The van der Waals surface area contributed by atoms with Crippen molar-refractivity contribution >= 4 is 28.6 Å². The first-order valence-electron chi connectivity index (χ1n) is 9.96. The molecule has 0 atom stereocenters. The third-order valence-electron chi connectivity index (χ3n) is 5.50. The maximum Gasteiger partial charge on any atom is 0.204 e. The molecule has 2 aromatic carbocycles. The fraction of sp³-hybridized carbons (Fsp3) is 0.409. The van der Waals surface area contributed by atoms with Crippen LogP contribution in [-0.2, 0) is 11.3 Å². The number of nitrogens with zero attached hydrogens (tertiary/aromatic N) is 3. The summed E-state index contributed by atoms with van der Waals surface area (Å²) in [6, 6.07) is 9.15. The molecule has 4 rings (SSSR count). The molecule has 1 fully saturated rings. The van der Waals surface area contributed by atoms with E-state index >= 15 is 0 Å². The molecule has 29 heavy (non-hydrogen) atoms. The van der Waals surface area contributed by atoms with Crippen LogP contribution in [0.3, 0.4) is 0 Å². The number of imidazole rings is 1. The van der Waals surface area contributed by atoms with Crippen molar-refractivity contribution < 1.29 is 9.13 Å². The SMILES string of the molecule is Cc1cc2nc(NCCN3CCOCC3)n(Cc3ccc(F)c(Cl)c3)c2cc1C. The van der Waals surface area contributed by atoms with E-state index in [0.29, 0.717) is 6.54 Å². The van der Waals surface area contributed by atoms with E-state index in [9.17, 15) is 4.39 Å². The lowest BCUT2D eigenvalue weighted by molar-refractivity contribution is 0.0398. The summed E-state index contributed by atoms with van der Waals surface area (Å²) in [6.07, 6.45) is 0. The Morgan fingerprint density at radius 3 is 2.66 bits per heavy atom. The summed E-state index contributed by atoms with van der Waals surface area (Å²) in [7, 11) is 0. The molecular weight excluding hydrogens is 391 g/mol. The van der Waals surface area contributed by atoms with Crippen LogP contribution in [0.25, 0.3) is 11.0 Å². The second-order valence-corrected chi connectivity index (χ2v) is 7.98. The number of aromatic nitrogens is 2. The molecule has 0 unspecified atom stereocenters. The first-order chi connectivity index (χ1) is 14.0. The van der Waals surface area contributed by atoms with Gasteiger partial charge in [0.05, 0.1) is 35.8 Å². The van der Waals surface area contributed by atoms with Gasteiger partial charge in [-0.25, -0.2) is 9.37 Å². The monoisotopic (exact) mass is 416 g/mol. The van der Waals surface area contributed by atoms with Crippen LogP contribution in [0.2, 0.25) is 5.02 Å². The minimum atomic E-state index is -0.402. The second-order valence-electron chi connectivity index (χ2n) is 7.58. The normalized spacial score (nSPS) is 15.2. The fourth-order valence-electron chi connectivity index (χ4n) is 3.65. The Morgan fingerprint density at radius 1 is 1.14 bits per heavy atom. The highest BCUT2D eigenvalue weighted by molar-refractivity contribution is 6.30. The molecule has 0 saturated carbocycles. The molecule has 5 nitrogen and oxygen atoms in total. The Balaban J connectivity index is 1.60. The van der Waals surface area contributed by atoms with Gasteiger partial charge in [-0.3, -0.25) is 4.90 Å². The van der Waals surface area contributed by atoms with Gasteiger partial charge >= 0.3 is 0 Å². The number of ether oxygens (including phenoxy) is 1. The molecule has 1 aliphatic rings. The van der Waals surface area contributed by atoms with Gasteiger partial charge in [-0.2, -0.15) is 0 Å². The summed E-state index contributed by atoms with van der Waals surface area (Å²) < 4.78 is 21.1. The number of aryl methyl sites for hydroxylation is 2. The molecule has 0 radical (unpaired) electrons. The van der Waals surface area contributed by atoms with E-state index in [1.807, 2.05) is 0 Å². The zero-order valence-electron chi connectivity index (χ0n) is 16.8. The Hall–Kier alpha value is -2.15. The van der Waals surface area contributed by atoms with E-state index in [2.05, 4.69) is 40.8 Å². The van der Waals surface area contributed by atoms with Crippen molar-refractivity contribution in [3.8, 4) is 0 Å². The van der Waals surface area contributed by atoms with Crippen molar-refractivity contribution in [1.29, 1.82) is 0 Å². The van der Waals surface area contributed by atoms with Gasteiger partial charge < -0.3 is 14.6 Å². The van der Waals surface area contributed by atoms with Gasteiger partial charge in [0.25, 0.3) is 0 Å². The van der Waals surface area contributed by atoms with Gasteiger partial charge in [0.2, 0.25) is 5.95 Å². The van der Waals surface area contributed by atoms with Crippen molar-refractivity contribution in [1.82, 2.24) is 14.5 Å². The average Bonchev–Trinajstić information content (AvgIpc) is 3.02. The minimum absolute atomic E-state index is 0.140. The van der Waals surface area contributed by atoms with Crippen LogP contribution in [0, 0.1) is 19.7 Å². The number of halogens is 2. The molecule has 1 saturated heterocycles. The smallest absolute Gasteiger partial charge is 0.204 e. The number of rotatable bonds is 6. The lowest BCUT2D eigenvalue weighted by Gasteiger charge is -2.26. The summed E-state index contributed by atoms with van der Waals surface area (Å²) in [6.45, 7) is 10.0. The van der Waals surface area contributed by atoms with E-state index in [1.54, 1.807) is 12.1 Å².